The van der Waals surface area contributed by atoms with E-state index in [4.69, 9.17) is 10.4 Å². The first kappa shape index (κ1) is 14.4. The van der Waals surface area contributed by atoms with Crippen molar-refractivity contribution < 1.29 is 10.4 Å². The standard InChI is InChI=1S/C15H26N2O2/c1-15(2,11-3-7-13(16-18)8-4-11)12-5-9-14(17-19)10-6-12/h11-12,18-19H,3-10H2,1-2H3. The van der Waals surface area contributed by atoms with Crippen molar-refractivity contribution in [3.05, 3.63) is 0 Å². The molecule has 0 bridgehead atoms. The Kier molecular flexibility index (Phi) is 4.48. The fourth-order valence-electron chi connectivity index (χ4n) is 3.92. The van der Waals surface area contributed by atoms with Crippen LogP contribution < -0.4 is 0 Å². The van der Waals surface area contributed by atoms with Gasteiger partial charge in [0.2, 0.25) is 0 Å². The molecule has 108 valence electrons. The molecule has 0 spiro atoms. The molecular formula is C15H26N2O2. The Bertz CT molecular complexity index is 320. The maximum absolute atomic E-state index is 8.84. The summed E-state index contributed by atoms with van der Waals surface area (Å²) in [5.74, 6) is 1.44. The monoisotopic (exact) mass is 266 g/mol. The van der Waals surface area contributed by atoms with Crippen LogP contribution in [0.15, 0.2) is 10.3 Å². The zero-order valence-corrected chi connectivity index (χ0v) is 12.1. The van der Waals surface area contributed by atoms with E-state index in [1.807, 2.05) is 0 Å². The zero-order valence-electron chi connectivity index (χ0n) is 12.1. The van der Waals surface area contributed by atoms with E-state index in [1.165, 1.54) is 0 Å². The minimum atomic E-state index is 0.335. The highest BCUT2D eigenvalue weighted by atomic mass is 16.4. The van der Waals surface area contributed by atoms with E-state index in [2.05, 4.69) is 24.2 Å². The van der Waals surface area contributed by atoms with Gasteiger partial charge in [-0.05, 0) is 68.6 Å². The number of rotatable bonds is 2. The van der Waals surface area contributed by atoms with Crippen LogP contribution in [0.2, 0.25) is 0 Å². The van der Waals surface area contributed by atoms with E-state index in [0.717, 1.165) is 74.6 Å². The Hall–Kier alpha value is -1.06. The van der Waals surface area contributed by atoms with Crippen LogP contribution in [0.4, 0.5) is 0 Å². The molecule has 0 aromatic carbocycles. The lowest BCUT2D eigenvalue weighted by Gasteiger charge is -2.44. The van der Waals surface area contributed by atoms with E-state index in [1.54, 1.807) is 0 Å². The Labute approximate surface area is 115 Å². The second-order valence-electron chi connectivity index (χ2n) is 6.70. The average molecular weight is 266 g/mol. The molecule has 0 atom stereocenters. The molecule has 2 aliphatic carbocycles. The quantitative estimate of drug-likeness (QED) is 0.585. The van der Waals surface area contributed by atoms with Crippen LogP contribution in [0.1, 0.15) is 65.2 Å². The van der Waals surface area contributed by atoms with Gasteiger partial charge in [0, 0.05) is 0 Å². The van der Waals surface area contributed by atoms with Crippen molar-refractivity contribution in [1.29, 1.82) is 0 Å². The molecule has 2 fully saturated rings. The van der Waals surface area contributed by atoms with Crippen molar-refractivity contribution in [3.63, 3.8) is 0 Å². The lowest BCUT2D eigenvalue weighted by atomic mass is 9.60. The van der Waals surface area contributed by atoms with Gasteiger partial charge in [-0.2, -0.15) is 0 Å². The molecule has 2 rings (SSSR count). The maximum atomic E-state index is 8.84. The normalized spacial score (nSPS) is 29.2. The molecule has 2 aliphatic rings. The zero-order chi connectivity index (χ0) is 13.9. The molecule has 4 heteroatoms. The third-order valence-corrected chi connectivity index (χ3v) is 5.51. The van der Waals surface area contributed by atoms with Crippen molar-refractivity contribution in [1.82, 2.24) is 0 Å². The molecule has 0 aromatic rings. The van der Waals surface area contributed by atoms with E-state index < -0.39 is 0 Å². The van der Waals surface area contributed by atoms with Gasteiger partial charge < -0.3 is 10.4 Å². The minimum absolute atomic E-state index is 0.335. The molecule has 0 aliphatic heterocycles. The number of hydrogen-bond donors (Lipinski definition) is 2. The summed E-state index contributed by atoms with van der Waals surface area (Å²) in [5.41, 5.74) is 2.26. The molecule has 0 unspecified atom stereocenters. The Morgan fingerprint density at radius 2 is 1.11 bits per heavy atom. The second-order valence-corrected chi connectivity index (χ2v) is 6.70. The molecule has 2 saturated carbocycles. The molecule has 4 nitrogen and oxygen atoms in total. The first-order chi connectivity index (χ1) is 9.07. The van der Waals surface area contributed by atoms with Crippen LogP contribution in [0.5, 0.6) is 0 Å². The Balaban J connectivity index is 1.95. The predicted octanol–water partition coefficient (Wildman–Crippen LogP) is 4.05. The van der Waals surface area contributed by atoms with Gasteiger partial charge in [-0.25, -0.2) is 0 Å². The average Bonchev–Trinajstić information content (AvgIpc) is 2.47. The summed E-state index contributed by atoms with van der Waals surface area (Å²) in [4.78, 5) is 0. The van der Waals surface area contributed by atoms with Gasteiger partial charge >= 0.3 is 0 Å². The minimum Gasteiger partial charge on any atom is -0.411 e. The summed E-state index contributed by atoms with van der Waals surface area (Å²) in [6.45, 7) is 4.79. The number of nitrogens with zero attached hydrogens (tertiary/aromatic N) is 2. The third-order valence-electron chi connectivity index (χ3n) is 5.51. The Morgan fingerprint density at radius 1 is 0.789 bits per heavy atom. The van der Waals surface area contributed by atoms with E-state index in [9.17, 15) is 0 Å². The van der Waals surface area contributed by atoms with Gasteiger partial charge in [-0.3, -0.25) is 0 Å². The topological polar surface area (TPSA) is 65.2 Å². The Morgan fingerprint density at radius 3 is 1.37 bits per heavy atom. The summed E-state index contributed by atoms with van der Waals surface area (Å²) >= 11 is 0. The highest BCUT2D eigenvalue weighted by Gasteiger charge is 2.39. The molecule has 0 heterocycles. The summed E-state index contributed by atoms with van der Waals surface area (Å²) in [6.07, 6.45) is 8.35. The van der Waals surface area contributed by atoms with Crippen molar-refractivity contribution in [2.24, 2.45) is 27.6 Å². The third kappa shape index (κ3) is 3.10. The van der Waals surface area contributed by atoms with Crippen molar-refractivity contribution in [3.8, 4) is 0 Å². The van der Waals surface area contributed by atoms with Gasteiger partial charge in [0.1, 0.15) is 0 Å². The number of hydrogen-bond acceptors (Lipinski definition) is 4. The van der Waals surface area contributed by atoms with Crippen LogP contribution in [0.25, 0.3) is 0 Å². The summed E-state index contributed by atoms with van der Waals surface area (Å²) in [7, 11) is 0. The van der Waals surface area contributed by atoms with Gasteiger partial charge in [-0.15, -0.1) is 0 Å². The fourth-order valence-corrected chi connectivity index (χ4v) is 3.92. The molecule has 0 aromatic heterocycles. The van der Waals surface area contributed by atoms with Crippen LogP contribution in [-0.4, -0.2) is 21.8 Å². The predicted molar refractivity (Wildman–Crippen MR) is 76.1 cm³/mol. The first-order valence-electron chi connectivity index (χ1n) is 7.47. The van der Waals surface area contributed by atoms with E-state index >= 15 is 0 Å². The van der Waals surface area contributed by atoms with Gasteiger partial charge in [-0.1, -0.05) is 24.2 Å². The van der Waals surface area contributed by atoms with Crippen LogP contribution in [0, 0.1) is 17.3 Å². The molecule has 0 radical (unpaired) electrons. The van der Waals surface area contributed by atoms with Crippen LogP contribution in [-0.2, 0) is 0 Å². The van der Waals surface area contributed by atoms with Gasteiger partial charge in [0.15, 0.2) is 0 Å². The molecule has 19 heavy (non-hydrogen) atoms. The SMILES string of the molecule is CC(C)(C1CCC(=NO)CC1)C1CCC(=NO)CC1. The van der Waals surface area contributed by atoms with Crippen molar-refractivity contribution in [2.75, 3.05) is 0 Å². The number of oxime groups is 2. The summed E-state index contributed by atoms with van der Waals surface area (Å²) < 4.78 is 0. The van der Waals surface area contributed by atoms with Crippen LogP contribution in [0.3, 0.4) is 0 Å². The largest absolute Gasteiger partial charge is 0.411 e. The smallest absolute Gasteiger partial charge is 0.0571 e. The van der Waals surface area contributed by atoms with Gasteiger partial charge in [0.05, 0.1) is 11.4 Å². The second kappa shape index (κ2) is 5.93. The highest BCUT2D eigenvalue weighted by molar-refractivity contribution is 5.85. The van der Waals surface area contributed by atoms with Crippen molar-refractivity contribution >= 4 is 11.4 Å². The van der Waals surface area contributed by atoms with E-state index in [-0.39, 0.29) is 0 Å². The molecule has 0 saturated heterocycles. The van der Waals surface area contributed by atoms with Crippen LogP contribution >= 0.6 is 0 Å². The molecule has 0 amide bonds. The maximum Gasteiger partial charge on any atom is 0.0571 e. The first-order valence-corrected chi connectivity index (χ1v) is 7.47. The lowest BCUT2D eigenvalue weighted by molar-refractivity contribution is 0.0813. The van der Waals surface area contributed by atoms with Crippen molar-refractivity contribution in [2.45, 2.75) is 65.2 Å². The summed E-state index contributed by atoms with van der Waals surface area (Å²) in [5, 5.41) is 24.4. The van der Waals surface area contributed by atoms with Gasteiger partial charge in [0.25, 0.3) is 0 Å². The highest BCUT2D eigenvalue weighted by Crippen LogP contribution is 2.47. The molecular weight excluding hydrogens is 240 g/mol. The summed E-state index contributed by atoms with van der Waals surface area (Å²) in [6, 6.07) is 0. The lowest BCUT2D eigenvalue weighted by Crippen LogP contribution is -2.37. The van der Waals surface area contributed by atoms with E-state index in [0.29, 0.717) is 5.41 Å². The molecule has 2 N–H and O–H groups in total. The fraction of sp³-hybridized carbons (Fsp3) is 0.867.